The molecule has 1 aromatic heterocycles. The zero-order valence-corrected chi connectivity index (χ0v) is 10.4. The topological polar surface area (TPSA) is 65.1 Å². The Morgan fingerprint density at radius 1 is 1.05 bits per heavy atom. The second-order valence-corrected chi connectivity index (χ2v) is 4.36. The normalized spacial score (nSPS) is 10.6. The molecule has 0 aliphatic rings. The largest absolute Gasteiger partial charge is 0.283 e. The molecule has 0 saturated heterocycles. The van der Waals surface area contributed by atoms with Crippen LogP contribution in [0.5, 0.6) is 0 Å². The molecule has 5 nitrogen and oxygen atoms in total. The average molecular weight is 266 g/mol. The minimum Gasteiger partial charge on any atom is -0.283 e. The van der Waals surface area contributed by atoms with Crippen molar-refractivity contribution in [2.75, 3.05) is 0 Å². The van der Waals surface area contributed by atoms with Gasteiger partial charge in [0.05, 0.1) is 10.4 Å². The first-order valence-corrected chi connectivity index (χ1v) is 6.02. The molecule has 0 unspecified atom stereocenters. The number of benzene rings is 2. The first-order valence-electron chi connectivity index (χ1n) is 6.02. The lowest BCUT2D eigenvalue weighted by Crippen LogP contribution is -2.10. The Hall–Kier alpha value is -2.95. The highest BCUT2D eigenvalue weighted by Crippen LogP contribution is 2.22. The maximum atomic E-state index is 12.4. The van der Waals surface area contributed by atoms with Gasteiger partial charge in [0.2, 0.25) is 0 Å². The van der Waals surface area contributed by atoms with Gasteiger partial charge in [-0.2, -0.15) is 0 Å². The maximum Gasteiger partial charge on any atom is 0.270 e. The number of fused-ring (bicyclic) bond motifs is 1. The van der Waals surface area contributed by atoms with Gasteiger partial charge in [0.1, 0.15) is 0 Å². The van der Waals surface area contributed by atoms with E-state index in [1.165, 1.54) is 16.7 Å². The van der Waals surface area contributed by atoms with Crippen molar-refractivity contribution in [3.63, 3.8) is 0 Å². The van der Waals surface area contributed by atoms with Gasteiger partial charge in [-0.25, -0.2) is 0 Å². The number of carbonyl (C=O) groups excluding carboxylic acids is 1. The molecular weight excluding hydrogens is 256 g/mol. The maximum absolute atomic E-state index is 12.4. The summed E-state index contributed by atoms with van der Waals surface area (Å²) in [6, 6.07) is 15.1. The van der Waals surface area contributed by atoms with Crippen molar-refractivity contribution in [1.82, 2.24) is 4.57 Å². The lowest BCUT2D eigenvalue weighted by atomic mass is 10.2. The summed E-state index contributed by atoms with van der Waals surface area (Å²) in [6.07, 6.45) is 1.63. The predicted molar refractivity (Wildman–Crippen MR) is 74.8 cm³/mol. The fraction of sp³-hybridized carbons (Fsp3) is 0. The van der Waals surface area contributed by atoms with E-state index in [4.69, 9.17) is 0 Å². The van der Waals surface area contributed by atoms with Crippen LogP contribution < -0.4 is 0 Å². The molecule has 0 spiro atoms. The molecule has 3 aromatic rings. The molecule has 0 radical (unpaired) electrons. The fourth-order valence-corrected chi connectivity index (χ4v) is 2.14. The van der Waals surface area contributed by atoms with E-state index in [-0.39, 0.29) is 11.6 Å². The molecular formula is C15H10N2O3. The average Bonchev–Trinajstić information content (AvgIpc) is 2.90. The summed E-state index contributed by atoms with van der Waals surface area (Å²) < 4.78 is 1.49. The molecule has 3 rings (SSSR count). The van der Waals surface area contributed by atoms with Crippen LogP contribution in [0.25, 0.3) is 10.9 Å². The highest BCUT2D eigenvalue weighted by atomic mass is 16.6. The van der Waals surface area contributed by atoms with Crippen molar-refractivity contribution in [2.45, 2.75) is 0 Å². The van der Waals surface area contributed by atoms with Gasteiger partial charge in [-0.05, 0) is 24.3 Å². The Morgan fingerprint density at radius 2 is 1.80 bits per heavy atom. The van der Waals surface area contributed by atoms with Crippen LogP contribution in [0.4, 0.5) is 5.69 Å². The molecule has 0 saturated carbocycles. The second kappa shape index (κ2) is 4.62. The van der Waals surface area contributed by atoms with Crippen molar-refractivity contribution in [3.8, 4) is 0 Å². The SMILES string of the molecule is O=C(c1ccccc1)n1ccc2cc([N+](=O)[O-])ccc21. The quantitative estimate of drug-likeness (QED) is 0.528. The molecule has 0 N–H and O–H groups in total. The zero-order chi connectivity index (χ0) is 14.1. The van der Waals surface area contributed by atoms with Gasteiger partial charge in [0.15, 0.2) is 0 Å². The van der Waals surface area contributed by atoms with E-state index in [1.54, 1.807) is 42.6 Å². The number of rotatable bonds is 2. The summed E-state index contributed by atoms with van der Waals surface area (Å²) in [5.74, 6) is -0.158. The van der Waals surface area contributed by atoms with E-state index >= 15 is 0 Å². The molecule has 20 heavy (non-hydrogen) atoms. The molecule has 0 aliphatic heterocycles. The lowest BCUT2D eigenvalue weighted by molar-refractivity contribution is -0.384. The van der Waals surface area contributed by atoms with Crippen LogP contribution in [0.3, 0.4) is 0 Å². The Labute approximate surface area is 114 Å². The number of nitrogens with zero attached hydrogens (tertiary/aromatic N) is 2. The highest BCUT2D eigenvalue weighted by Gasteiger charge is 2.13. The van der Waals surface area contributed by atoms with Gasteiger partial charge in [0, 0.05) is 29.3 Å². The monoisotopic (exact) mass is 266 g/mol. The van der Waals surface area contributed by atoms with E-state index in [0.717, 1.165) is 0 Å². The standard InChI is InChI=1S/C15H10N2O3/c18-15(11-4-2-1-3-5-11)16-9-8-12-10-13(17(19)20)6-7-14(12)16/h1-10H. The van der Waals surface area contributed by atoms with E-state index in [1.807, 2.05) is 6.07 Å². The molecule has 2 aromatic carbocycles. The molecule has 5 heteroatoms. The van der Waals surface area contributed by atoms with Gasteiger partial charge in [0.25, 0.3) is 11.6 Å². The third-order valence-corrected chi connectivity index (χ3v) is 3.12. The highest BCUT2D eigenvalue weighted by molar-refractivity contribution is 6.02. The van der Waals surface area contributed by atoms with Gasteiger partial charge < -0.3 is 0 Å². The van der Waals surface area contributed by atoms with Crippen LogP contribution >= 0.6 is 0 Å². The number of hydrogen-bond acceptors (Lipinski definition) is 3. The number of nitro benzene ring substituents is 1. The Morgan fingerprint density at radius 3 is 2.50 bits per heavy atom. The molecule has 0 fully saturated rings. The van der Waals surface area contributed by atoms with Crippen LogP contribution in [0.15, 0.2) is 60.8 Å². The summed E-state index contributed by atoms with van der Waals surface area (Å²) in [5.41, 5.74) is 1.25. The summed E-state index contributed by atoms with van der Waals surface area (Å²) in [7, 11) is 0. The summed E-state index contributed by atoms with van der Waals surface area (Å²) in [6.45, 7) is 0. The summed E-state index contributed by atoms with van der Waals surface area (Å²) in [5, 5.41) is 11.4. The van der Waals surface area contributed by atoms with Crippen LogP contribution in [0, 0.1) is 10.1 Å². The lowest BCUT2D eigenvalue weighted by Gasteiger charge is -2.03. The second-order valence-electron chi connectivity index (χ2n) is 4.36. The van der Waals surface area contributed by atoms with Crippen LogP contribution in [-0.2, 0) is 0 Å². The Bertz CT molecular complexity index is 806. The van der Waals surface area contributed by atoms with Gasteiger partial charge in [-0.3, -0.25) is 19.5 Å². The predicted octanol–water partition coefficient (Wildman–Crippen LogP) is 3.24. The Balaban J connectivity index is 2.09. The van der Waals surface area contributed by atoms with E-state index in [0.29, 0.717) is 16.5 Å². The van der Waals surface area contributed by atoms with E-state index in [9.17, 15) is 14.9 Å². The van der Waals surface area contributed by atoms with Gasteiger partial charge >= 0.3 is 0 Å². The zero-order valence-electron chi connectivity index (χ0n) is 10.4. The third-order valence-electron chi connectivity index (χ3n) is 3.12. The first kappa shape index (κ1) is 12.1. The third kappa shape index (κ3) is 1.95. The van der Waals surface area contributed by atoms with E-state index in [2.05, 4.69) is 0 Å². The molecule has 1 heterocycles. The number of aromatic nitrogens is 1. The molecule has 0 aliphatic carbocycles. The van der Waals surface area contributed by atoms with Crippen molar-refractivity contribution < 1.29 is 9.72 Å². The molecule has 98 valence electrons. The van der Waals surface area contributed by atoms with Crippen molar-refractivity contribution in [1.29, 1.82) is 0 Å². The number of carbonyl (C=O) groups is 1. The van der Waals surface area contributed by atoms with Gasteiger partial charge in [-0.1, -0.05) is 18.2 Å². The summed E-state index contributed by atoms with van der Waals surface area (Å²) in [4.78, 5) is 22.7. The van der Waals surface area contributed by atoms with Crippen molar-refractivity contribution in [2.24, 2.45) is 0 Å². The van der Waals surface area contributed by atoms with Crippen LogP contribution in [-0.4, -0.2) is 15.4 Å². The van der Waals surface area contributed by atoms with Crippen LogP contribution in [0.1, 0.15) is 10.4 Å². The molecule has 0 bridgehead atoms. The van der Waals surface area contributed by atoms with Gasteiger partial charge in [-0.15, -0.1) is 0 Å². The molecule has 0 atom stereocenters. The molecule has 0 amide bonds. The number of nitro groups is 1. The fourth-order valence-electron chi connectivity index (χ4n) is 2.14. The van der Waals surface area contributed by atoms with Crippen LogP contribution in [0.2, 0.25) is 0 Å². The summed E-state index contributed by atoms with van der Waals surface area (Å²) >= 11 is 0. The Kier molecular flexibility index (Phi) is 2.80. The smallest absolute Gasteiger partial charge is 0.270 e. The number of hydrogen-bond donors (Lipinski definition) is 0. The first-order chi connectivity index (χ1) is 9.66. The van der Waals surface area contributed by atoms with Crippen molar-refractivity contribution >= 4 is 22.5 Å². The number of non-ortho nitro benzene ring substituents is 1. The minimum absolute atomic E-state index is 0.0161. The van der Waals surface area contributed by atoms with E-state index < -0.39 is 4.92 Å². The minimum atomic E-state index is -0.449. The van der Waals surface area contributed by atoms with Crippen molar-refractivity contribution in [3.05, 3.63) is 76.5 Å².